The third-order valence-corrected chi connectivity index (χ3v) is 11.6. The van der Waals surface area contributed by atoms with E-state index in [-0.39, 0.29) is 37.2 Å². The van der Waals surface area contributed by atoms with Crippen molar-refractivity contribution in [1.82, 2.24) is 40.3 Å². The number of nitrogens with zero attached hydrogens (tertiary/aromatic N) is 4. The molecule has 0 saturated heterocycles. The van der Waals surface area contributed by atoms with Gasteiger partial charge >= 0.3 is 16.3 Å². The van der Waals surface area contributed by atoms with E-state index in [4.69, 9.17) is 9.47 Å². The van der Waals surface area contributed by atoms with E-state index in [0.717, 1.165) is 19.3 Å². The number of alkyl carbamates (subject to hydrolysis) is 1. The number of carbonyl (C=O) groups excluding carboxylic acids is 4. The maximum Gasteiger partial charge on any atom is 0.408 e. The zero-order chi connectivity index (χ0) is 37.4. The molecule has 4 aliphatic rings. The molecule has 1 aromatic carbocycles. The molecule has 2 aromatic rings. The predicted molar refractivity (Wildman–Crippen MR) is 188 cm³/mol. The maximum atomic E-state index is 14.5. The third-order valence-electron chi connectivity index (χ3n) is 10.5. The summed E-state index contributed by atoms with van der Waals surface area (Å²) in [6.45, 7) is 9.21. The van der Waals surface area contributed by atoms with Crippen LogP contribution >= 0.6 is 0 Å². The maximum absolute atomic E-state index is 14.5. The molecule has 0 aliphatic heterocycles. The second-order valence-corrected chi connectivity index (χ2v) is 17.0. The van der Waals surface area contributed by atoms with Crippen molar-refractivity contribution in [3.63, 3.8) is 0 Å². The summed E-state index contributed by atoms with van der Waals surface area (Å²) in [5, 5.41) is 18.7. The lowest BCUT2D eigenvalue weighted by Gasteiger charge is -2.34. The van der Waals surface area contributed by atoms with Crippen LogP contribution in [0.5, 0.6) is 5.75 Å². The lowest BCUT2D eigenvalue weighted by molar-refractivity contribution is -0.137. The minimum atomic E-state index is -4.16. The van der Waals surface area contributed by atoms with Gasteiger partial charge in [0.15, 0.2) is 5.78 Å². The van der Waals surface area contributed by atoms with Gasteiger partial charge in [-0.3, -0.25) is 14.4 Å². The Kier molecular flexibility index (Phi) is 10.5. The normalized spacial score (nSPS) is 26.4. The van der Waals surface area contributed by atoms with Crippen molar-refractivity contribution in [3.8, 4) is 17.1 Å². The topological polar surface area (TPSA) is 213 Å². The van der Waals surface area contributed by atoms with Crippen molar-refractivity contribution in [2.24, 2.45) is 23.2 Å². The van der Waals surface area contributed by atoms with E-state index in [2.05, 4.69) is 42.1 Å². The number of Topliss-reactive ketones (excluding diaryl/α,β-unsaturated/α-hetero) is 1. The number of tetrazole rings is 1. The van der Waals surface area contributed by atoms with Gasteiger partial charge in [0.05, 0.1) is 19.2 Å². The standard InChI is InChI=1S/C35H48N8O8S/c1-6-8-21-19-35(21,32(46)41-52(48,49)40-22-13-14-22)37-31(45)27-18-23(43-39-30(38-42-43)20-11-15-24(50-5)16-12-20)17-26(27)28(44)29(34(2,3)4)36-33(47)51-25-9-7-10-25/h6,11-12,15-16,21-23,25-27,29,40H,1,7-10,13-14,17-19H2,2-5H3,(H,36,47)(H,37,45)(H,41,46)/t21-,23+,26?,27-,29?,35+/m1/s1. The van der Waals surface area contributed by atoms with Crippen LogP contribution in [0.2, 0.25) is 0 Å². The second kappa shape index (κ2) is 14.6. The monoisotopic (exact) mass is 740 g/mol. The van der Waals surface area contributed by atoms with Gasteiger partial charge in [0.2, 0.25) is 11.7 Å². The van der Waals surface area contributed by atoms with E-state index in [1.807, 2.05) is 20.8 Å². The number of carbonyl (C=O) groups is 4. The lowest BCUT2D eigenvalue weighted by Crippen LogP contribution is -2.56. The molecule has 6 atom stereocenters. The second-order valence-electron chi connectivity index (χ2n) is 15.5. The fraction of sp³-hybridized carbons (Fsp3) is 0.629. The van der Waals surface area contributed by atoms with E-state index in [9.17, 15) is 27.6 Å². The van der Waals surface area contributed by atoms with E-state index in [0.29, 0.717) is 36.4 Å². The third kappa shape index (κ3) is 8.30. The summed E-state index contributed by atoms with van der Waals surface area (Å²) in [6.07, 6.45) is 5.38. The number of rotatable bonds is 15. The molecule has 17 heteroatoms. The van der Waals surface area contributed by atoms with Crippen molar-refractivity contribution >= 4 is 33.9 Å². The van der Waals surface area contributed by atoms with Gasteiger partial charge in [-0.15, -0.1) is 16.8 Å². The summed E-state index contributed by atoms with van der Waals surface area (Å²) in [5.74, 6) is -3.11. The SMILES string of the molecule is C=CC[C@@H]1C[C@@]1(NC(=O)[C@@H]1C[C@@H](n2nnc(-c3ccc(OC)cc3)n2)CC1C(=O)C(NC(=O)OC1CCC1)C(C)(C)C)C(=O)NS(=O)(=O)NC1CC1. The van der Waals surface area contributed by atoms with Crippen LogP contribution in [-0.2, 0) is 29.3 Å². The van der Waals surface area contributed by atoms with Crippen molar-refractivity contribution in [1.29, 1.82) is 0 Å². The Hall–Kier alpha value is -4.38. The van der Waals surface area contributed by atoms with Crippen LogP contribution < -0.4 is 24.8 Å². The van der Waals surface area contributed by atoms with Crippen molar-refractivity contribution in [2.75, 3.05) is 7.11 Å². The minimum absolute atomic E-state index is 0.120. The Balaban J connectivity index is 1.26. The highest BCUT2D eigenvalue weighted by molar-refractivity contribution is 7.88. The molecule has 0 radical (unpaired) electrons. The molecule has 4 N–H and O–H groups in total. The molecule has 0 spiro atoms. The molecule has 3 amide bonds. The minimum Gasteiger partial charge on any atom is -0.497 e. The van der Waals surface area contributed by atoms with Crippen molar-refractivity contribution in [3.05, 3.63) is 36.9 Å². The van der Waals surface area contributed by atoms with Gasteiger partial charge in [0.1, 0.15) is 17.4 Å². The van der Waals surface area contributed by atoms with Gasteiger partial charge in [0, 0.05) is 23.4 Å². The molecular weight excluding hydrogens is 693 g/mol. The first-order valence-corrected chi connectivity index (χ1v) is 19.3. The number of aromatic nitrogens is 4. The first-order chi connectivity index (χ1) is 24.6. The molecule has 52 heavy (non-hydrogen) atoms. The van der Waals surface area contributed by atoms with Gasteiger partial charge in [0.25, 0.3) is 5.91 Å². The highest BCUT2D eigenvalue weighted by Crippen LogP contribution is 2.48. The number of ether oxygens (including phenoxy) is 2. The van der Waals surface area contributed by atoms with Crippen molar-refractivity contribution < 1.29 is 37.1 Å². The first-order valence-electron chi connectivity index (χ1n) is 17.8. The molecular formula is C35H48N8O8S. The van der Waals surface area contributed by atoms with Crippen LogP contribution in [0.1, 0.15) is 84.6 Å². The molecule has 6 rings (SSSR count). The summed E-state index contributed by atoms with van der Waals surface area (Å²) in [4.78, 5) is 56.8. The predicted octanol–water partition coefficient (Wildman–Crippen LogP) is 2.74. The van der Waals surface area contributed by atoms with Gasteiger partial charge in [-0.2, -0.15) is 17.9 Å². The van der Waals surface area contributed by atoms with E-state index >= 15 is 0 Å². The Bertz CT molecular complexity index is 1800. The first kappa shape index (κ1) is 37.4. The average Bonchev–Trinajstić information content (AvgIpc) is 3.87. The fourth-order valence-corrected chi connectivity index (χ4v) is 8.20. The van der Waals surface area contributed by atoms with E-state index in [1.165, 1.54) is 4.80 Å². The summed E-state index contributed by atoms with van der Waals surface area (Å²) < 4.78 is 40.7. The average molecular weight is 741 g/mol. The number of hydrogen-bond acceptors (Lipinski definition) is 11. The Labute approximate surface area is 303 Å². The lowest BCUT2D eigenvalue weighted by atomic mass is 9.77. The molecule has 4 aliphatic carbocycles. The van der Waals surface area contributed by atoms with Gasteiger partial charge in [-0.25, -0.2) is 9.52 Å². The summed E-state index contributed by atoms with van der Waals surface area (Å²) in [5.41, 5.74) is -1.58. The van der Waals surface area contributed by atoms with Gasteiger partial charge < -0.3 is 20.1 Å². The Morgan fingerprint density at radius 3 is 2.37 bits per heavy atom. The number of benzene rings is 1. The number of methoxy groups -OCH3 is 1. The van der Waals surface area contributed by atoms with Crippen LogP contribution in [-0.4, -0.2) is 83.2 Å². The molecule has 1 aromatic heterocycles. The molecule has 282 valence electrons. The van der Waals surface area contributed by atoms with Crippen LogP contribution in [0.25, 0.3) is 11.4 Å². The quantitative estimate of drug-likeness (QED) is 0.195. The summed E-state index contributed by atoms with van der Waals surface area (Å²) in [6, 6.07) is 5.35. The molecule has 16 nitrogen and oxygen atoms in total. The Morgan fingerprint density at radius 1 is 1.08 bits per heavy atom. The molecule has 4 saturated carbocycles. The Morgan fingerprint density at radius 2 is 1.77 bits per heavy atom. The summed E-state index contributed by atoms with van der Waals surface area (Å²) >= 11 is 0. The van der Waals surface area contributed by atoms with Crippen LogP contribution in [0.4, 0.5) is 4.79 Å². The number of allylic oxidation sites excluding steroid dienone is 1. The molecule has 2 unspecified atom stereocenters. The summed E-state index contributed by atoms with van der Waals surface area (Å²) in [7, 11) is -2.59. The number of amides is 3. The zero-order valence-electron chi connectivity index (χ0n) is 30.0. The van der Waals surface area contributed by atoms with Crippen LogP contribution in [0, 0.1) is 23.2 Å². The van der Waals surface area contributed by atoms with Crippen LogP contribution in [0.15, 0.2) is 36.9 Å². The van der Waals surface area contributed by atoms with E-state index < -0.39 is 68.9 Å². The van der Waals surface area contributed by atoms with Gasteiger partial charge in [-0.1, -0.05) is 26.8 Å². The van der Waals surface area contributed by atoms with E-state index in [1.54, 1.807) is 37.5 Å². The van der Waals surface area contributed by atoms with Crippen LogP contribution in [0.3, 0.4) is 0 Å². The number of hydrogen-bond donors (Lipinski definition) is 4. The number of nitrogens with one attached hydrogen (secondary N) is 4. The molecule has 0 bridgehead atoms. The van der Waals surface area contributed by atoms with Gasteiger partial charge in [-0.05, 0) is 98.6 Å². The highest BCUT2D eigenvalue weighted by atomic mass is 32.2. The zero-order valence-corrected chi connectivity index (χ0v) is 30.8. The molecule has 4 fully saturated rings. The fourth-order valence-electron chi connectivity index (χ4n) is 7.04. The van der Waals surface area contributed by atoms with Crippen molar-refractivity contribution in [2.45, 2.75) is 108 Å². The largest absolute Gasteiger partial charge is 0.497 e. The highest BCUT2D eigenvalue weighted by Gasteiger charge is 2.62. The molecule has 1 heterocycles. The number of ketones is 1. The smallest absolute Gasteiger partial charge is 0.408 e.